The van der Waals surface area contributed by atoms with Crippen molar-refractivity contribution in [2.45, 2.75) is 10.6 Å². The standard InChI is InChI=1S/C13H9ClFNO4S/c14-12-2-1-3-13(16(17)18)11(12)8-21(19,20)10-6-4-9(15)5-7-10/h1-7H,8H2. The van der Waals surface area contributed by atoms with Gasteiger partial charge in [0.05, 0.1) is 26.2 Å². The molecule has 8 heteroatoms. The average molecular weight is 330 g/mol. The van der Waals surface area contributed by atoms with E-state index in [0.29, 0.717) is 0 Å². The molecule has 0 N–H and O–H groups in total. The molecular weight excluding hydrogens is 321 g/mol. The maximum Gasteiger partial charge on any atom is 0.275 e. The van der Waals surface area contributed by atoms with Crippen molar-refractivity contribution in [1.29, 1.82) is 0 Å². The van der Waals surface area contributed by atoms with E-state index in [9.17, 15) is 22.9 Å². The second-order valence-corrected chi connectivity index (χ2v) is 6.60. The van der Waals surface area contributed by atoms with Crippen molar-refractivity contribution in [3.8, 4) is 0 Å². The predicted molar refractivity (Wildman–Crippen MR) is 75.4 cm³/mol. The van der Waals surface area contributed by atoms with Crippen LogP contribution in [0.25, 0.3) is 0 Å². The first-order valence-electron chi connectivity index (χ1n) is 5.71. The second-order valence-electron chi connectivity index (χ2n) is 4.21. The highest BCUT2D eigenvalue weighted by molar-refractivity contribution is 7.90. The lowest BCUT2D eigenvalue weighted by Gasteiger charge is -2.07. The summed E-state index contributed by atoms with van der Waals surface area (Å²) in [7, 11) is -3.86. The Bertz CT molecular complexity index is 790. The molecule has 0 spiro atoms. The van der Waals surface area contributed by atoms with Crippen LogP contribution in [-0.4, -0.2) is 13.3 Å². The van der Waals surface area contributed by atoms with E-state index in [1.807, 2.05) is 0 Å². The summed E-state index contributed by atoms with van der Waals surface area (Å²) in [5, 5.41) is 10.9. The molecule has 21 heavy (non-hydrogen) atoms. The Morgan fingerprint density at radius 2 is 1.76 bits per heavy atom. The van der Waals surface area contributed by atoms with Crippen molar-refractivity contribution in [1.82, 2.24) is 0 Å². The number of rotatable bonds is 4. The first kappa shape index (κ1) is 15.4. The van der Waals surface area contributed by atoms with E-state index in [1.54, 1.807) is 0 Å². The molecule has 0 aliphatic heterocycles. The number of nitro groups is 1. The quantitative estimate of drug-likeness (QED) is 0.489. The van der Waals surface area contributed by atoms with E-state index in [0.717, 1.165) is 24.3 Å². The lowest BCUT2D eigenvalue weighted by Crippen LogP contribution is -2.07. The van der Waals surface area contributed by atoms with E-state index in [1.165, 1.54) is 18.2 Å². The summed E-state index contributed by atoms with van der Waals surface area (Å²) >= 11 is 5.86. The van der Waals surface area contributed by atoms with Gasteiger partial charge >= 0.3 is 0 Å². The van der Waals surface area contributed by atoms with Crippen LogP contribution in [0, 0.1) is 15.9 Å². The summed E-state index contributed by atoms with van der Waals surface area (Å²) in [6, 6.07) is 8.16. The fraction of sp³-hybridized carbons (Fsp3) is 0.0769. The second kappa shape index (κ2) is 5.79. The monoisotopic (exact) mass is 329 g/mol. The molecule has 0 heterocycles. The van der Waals surface area contributed by atoms with Gasteiger partial charge < -0.3 is 0 Å². The minimum atomic E-state index is -3.86. The summed E-state index contributed by atoms with van der Waals surface area (Å²) < 4.78 is 37.3. The number of benzene rings is 2. The smallest absolute Gasteiger partial charge is 0.258 e. The van der Waals surface area contributed by atoms with E-state index >= 15 is 0 Å². The lowest BCUT2D eigenvalue weighted by atomic mass is 10.2. The van der Waals surface area contributed by atoms with Crippen molar-refractivity contribution in [3.05, 3.63) is 69.0 Å². The van der Waals surface area contributed by atoms with Gasteiger partial charge in [-0.3, -0.25) is 10.1 Å². The number of hydrogen-bond acceptors (Lipinski definition) is 4. The van der Waals surface area contributed by atoms with Crippen LogP contribution in [0.15, 0.2) is 47.4 Å². The van der Waals surface area contributed by atoms with E-state index in [-0.39, 0.29) is 21.2 Å². The number of halogens is 2. The Kier molecular flexibility index (Phi) is 4.24. The largest absolute Gasteiger partial charge is 0.275 e. The van der Waals surface area contributed by atoms with E-state index < -0.39 is 26.3 Å². The molecule has 0 fully saturated rings. The summed E-state index contributed by atoms with van der Waals surface area (Å²) in [5.74, 6) is -1.20. The van der Waals surface area contributed by atoms with Gasteiger partial charge in [0.25, 0.3) is 5.69 Å². The van der Waals surface area contributed by atoms with Crippen molar-refractivity contribution >= 4 is 27.1 Å². The predicted octanol–water partition coefficient (Wildman–Crippen LogP) is 3.36. The minimum Gasteiger partial charge on any atom is -0.258 e. The third kappa shape index (κ3) is 3.37. The van der Waals surface area contributed by atoms with Crippen molar-refractivity contribution < 1.29 is 17.7 Å². The normalized spacial score (nSPS) is 11.3. The zero-order valence-corrected chi connectivity index (χ0v) is 12.1. The Morgan fingerprint density at radius 1 is 1.14 bits per heavy atom. The first-order valence-corrected chi connectivity index (χ1v) is 7.74. The third-order valence-electron chi connectivity index (χ3n) is 2.80. The number of hydrogen-bond donors (Lipinski definition) is 0. The zero-order valence-electron chi connectivity index (χ0n) is 10.5. The summed E-state index contributed by atoms with van der Waals surface area (Å²) in [5.41, 5.74) is -0.457. The van der Waals surface area contributed by atoms with Gasteiger partial charge in [0.2, 0.25) is 0 Å². The zero-order chi connectivity index (χ0) is 15.6. The van der Waals surface area contributed by atoms with Gasteiger partial charge in [0.1, 0.15) is 5.82 Å². The van der Waals surface area contributed by atoms with Gasteiger partial charge in [-0.2, -0.15) is 0 Å². The molecule has 0 saturated heterocycles. The van der Waals surface area contributed by atoms with E-state index in [4.69, 9.17) is 11.6 Å². The average Bonchev–Trinajstić information content (AvgIpc) is 2.41. The first-order chi connectivity index (χ1) is 9.81. The Balaban J connectivity index is 2.46. The molecule has 0 aromatic heterocycles. The molecule has 0 atom stereocenters. The fourth-order valence-corrected chi connectivity index (χ4v) is 3.49. The van der Waals surface area contributed by atoms with Gasteiger partial charge in [-0.15, -0.1) is 0 Å². The van der Waals surface area contributed by atoms with Crippen LogP contribution in [0.3, 0.4) is 0 Å². The number of nitrogens with zero attached hydrogens (tertiary/aromatic N) is 1. The van der Waals surface area contributed by atoms with Crippen LogP contribution < -0.4 is 0 Å². The van der Waals surface area contributed by atoms with Crippen molar-refractivity contribution in [2.24, 2.45) is 0 Å². The highest BCUT2D eigenvalue weighted by Gasteiger charge is 2.24. The fourth-order valence-electron chi connectivity index (χ4n) is 1.78. The molecule has 0 aliphatic rings. The van der Waals surface area contributed by atoms with Gasteiger partial charge in [-0.05, 0) is 30.3 Å². The summed E-state index contributed by atoms with van der Waals surface area (Å²) in [4.78, 5) is 10.1. The molecular formula is C13H9ClFNO4S. The third-order valence-corrected chi connectivity index (χ3v) is 4.81. The van der Waals surface area contributed by atoms with Crippen LogP contribution in [0.2, 0.25) is 5.02 Å². The van der Waals surface area contributed by atoms with Crippen LogP contribution in [-0.2, 0) is 15.6 Å². The van der Waals surface area contributed by atoms with Gasteiger partial charge in [-0.1, -0.05) is 17.7 Å². The molecule has 2 aromatic rings. The van der Waals surface area contributed by atoms with Crippen molar-refractivity contribution in [3.63, 3.8) is 0 Å². The topological polar surface area (TPSA) is 77.3 Å². The van der Waals surface area contributed by atoms with Crippen LogP contribution >= 0.6 is 11.6 Å². The SMILES string of the molecule is O=[N+]([O-])c1cccc(Cl)c1CS(=O)(=O)c1ccc(F)cc1. The minimum absolute atomic E-state index is 0.00473. The highest BCUT2D eigenvalue weighted by atomic mass is 35.5. The maximum atomic E-state index is 12.8. The van der Waals surface area contributed by atoms with Crippen molar-refractivity contribution in [2.75, 3.05) is 0 Å². The van der Waals surface area contributed by atoms with E-state index in [2.05, 4.69) is 0 Å². The van der Waals surface area contributed by atoms with Crippen LogP contribution in [0.1, 0.15) is 5.56 Å². The van der Waals surface area contributed by atoms with Gasteiger partial charge in [0, 0.05) is 6.07 Å². The Hall–Kier alpha value is -1.99. The van der Waals surface area contributed by atoms with Gasteiger partial charge in [0.15, 0.2) is 9.84 Å². The molecule has 0 unspecified atom stereocenters. The molecule has 0 amide bonds. The molecule has 0 saturated carbocycles. The molecule has 110 valence electrons. The molecule has 2 rings (SSSR count). The molecule has 5 nitrogen and oxygen atoms in total. The molecule has 0 aliphatic carbocycles. The molecule has 0 radical (unpaired) electrons. The Labute approximate surface area is 125 Å². The Morgan fingerprint density at radius 3 is 2.33 bits per heavy atom. The number of sulfone groups is 1. The summed E-state index contributed by atoms with van der Waals surface area (Å²) in [6.45, 7) is 0. The van der Waals surface area contributed by atoms with Crippen LogP contribution in [0.5, 0.6) is 0 Å². The molecule has 0 bridgehead atoms. The van der Waals surface area contributed by atoms with Crippen LogP contribution in [0.4, 0.5) is 10.1 Å². The summed E-state index contributed by atoms with van der Waals surface area (Å²) in [6.07, 6.45) is 0. The molecule has 2 aromatic carbocycles. The lowest BCUT2D eigenvalue weighted by molar-refractivity contribution is -0.385. The maximum absolute atomic E-state index is 12.8. The van der Waals surface area contributed by atoms with Gasteiger partial charge in [-0.25, -0.2) is 12.8 Å². The number of nitro benzene ring substituents is 1. The highest BCUT2D eigenvalue weighted by Crippen LogP contribution is 2.30.